The van der Waals surface area contributed by atoms with Crippen molar-refractivity contribution in [3.8, 4) is 5.88 Å². The SMILES string of the molecule is CN(C)C(C)(C)COc1cc(=O)[nH]cn1. The third kappa shape index (κ3) is 3.36. The average Bonchev–Trinajstić information content (AvgIpc) is 2.15. The number of nitrogens with one attached hydrogen (secondary N) is 1. The Labute approximate surface area is 89.1 Å². The molecule has 0 fully saturated rings. The summed E-state index contributed by atoms with van der Waals surface area (Å²) in [5.74, 6) is 0.355. The Morgan fingerprint density at radius 2 is 2.20 bits per heavy atom. The molecule has 1 rings (SSSR count). The van der Waals surface area contributed by atoms with E-state index in [4.69, 9.17) is 4.74 Å². The molecule has 0 spiro atoms. The van der Waals surface area contributed by atoms with Crippen LogP contribution in [0.5, 0.6) is 5.88 Å². The first-order valence-corrected chi connectivity index (χ1v) is 4.77. The fraction of sp³-hybridized carbons (Fsp3) is 0.600. The zero-order valence-corrected chi connectivity index (χ0v) is 9.57. The molecule has 84 valence electrons. The predicted octanol–water partition coefficient (Wildman–Crippen LogP) is 0.489. The number of hydrogen-bond donors (Lipinski definition) is 1. The number of nitrogens with zero attached hydrogens (tertiary/aromatic N) is 2. The summed E-state index contributed by atoms with van der Waals surface area (Å²) in [6, 6.07) is 1.34. The second kappa shape index (κ2) is 4.44. The first-order chi connectivity index (χ1) is 6.92. The van der Waals surface area contributed by atoms with Crippen LogP contribution in [0.25, 0.3) is 0 Å². The summed E-state index contributed by atoms with van der Waals surface area (Å²) in [4.78, 5) is 19.4. The number of ether oxygens (including phenoxy) is 1. The van der Waals surface area contributed by atoms with Crippen LogP contribution in [0, 0.1) is 0 Å². The van der Waals surface area contributed by atoms with Crippen molar-refractivity contribution in [1.82, 2.24) is 14.9 Å². The van der Waals surface area contributed by atoms with E-state index in [1.165, 1.54) is 12.4 Å². The van der Waals surface area contributed by atoms with Gasteiger partial charge >= 0.3 is 0 Å². The quantitative estimate of drug-likeness (QED) is 0.787. The Balaban J connectivity index is 2.61. The summed E-state index contributed by atoms with van der Waals surface area (Å²) in [7, 11) is 3.96. The lowest BCUT2D eigenvalue weighted by atomic mass is 10.1. The van der Waals surface area contributed by atoms with Crippen molar-refractivity contribution in [2.24, 2.45) is 0 Å². The van der Waals surface area contributed by atoms with Crippen LogP contribution in [-0.4, -0.2) is 41.1 Å². The van der Waals surface area contributed by atoms with Crippen LogP contribution in [0.4, 0.5) is 0 Å². The van der Waals surface area contributed by atoms with Gasteiger partial charge in [0.2, 0.25) is 5.88 Å². The molecular weight excluding hydrogens is 194 g/mol. The molecule has 5 nitrogen and oxygen atoms in total. The van der Waals surface area contributed by atoms with Crippen LogP contribution >= 0.6 is 0 Å². The van der Waals surface area contributed by atoms with Gasteiger partial charge in [-0.1, -0.05) is 0 Å². The van der Waals surface area contributed by atoms with Crippen molar-refractivity contribution in [3.63, 3.8) is 0 Å². The highest BCUT2D eigenvalue weighted by Crippen LogP contribution is 2.11. The summed E-state index contributed by atoms with van der Waals surface area (Å²) < 4.78 is 5.44. The van der Waals surface area contributed by atoms with Gasteiger partial charge in [-0.25, -0.2) is 4.98 Å². The van der Waals surface area contributed by atoms with Crippen LogP contribution in [0.15, 0.2) is 17.2 Å². The molecule has 1 heterocycles. The lowest BCUT2D eigenvalue weighted by Crippen LogP contribution is -2.43. The normalized spacial score (nSPS) is 11.8. The molecule has 5 heteroatoms. The van der Waals surface area contributed by atoms with E-state index in [9.17, 15) is 4.79 Å². The molecule has 1 N–H and O–H groups in total. The van der Waals surface area contributed by atoms with E-state index >= 15 is 0 Å². The molecule has 1 aromatic heterocycles. The number of likely N-dealkylation sites (N-methyl/N-ethyl adjacent to an activating group) is 1. The summed E-state index contributed by atoms with van der Waals surface area (Å²) in [6.07, 6.45) is 1.33. The summed E-state index contributed by atoms with van der Waals surface area (Å²) >= 11 is 0. The second-order valence-corrected chi connectivity index (χ2v) is 4.24. The van der Waals surface area contributed by atoms with E-state index in [0.717, 1.165) is 0 Å². The predicted molar refractivity (Wildman–Crippen MR) is 58.1 cm³/mol. The Hall–Kier alpha value is -1.36. The van der Waals surface area contributed by atoms with Gasteiger partial charge in [0.25, 0.3) is 5.56 Å². The monoisotopic (exact) mass is 211 g/mol. The third-order valence-corrected chi connectivity index (χ3v) is 2.44. The second-order valence-electron chi connectivity index (χ2n) is 4.24. The summed E-state index contributed by atoms with van der Waals surface area (Å²) in [5, 5.41) is 0. The third-order valence-electron chi connectivity index (χ3n) is 2.44. The molecule has 0 bridgehead atoms. The van der Waals surface area contributed by atoms with Crippen molar-refractivity contribution in [2.75, 3.05) is 20.7 Å². The Morgan fingerprint density at radius 3 is 2.73 bits per heavy atom. The van der Waals surface area contributed by atoms with Crippen molar-refractivity contribution in [2.45, 2.75) is 19.4 Å². The lowest BCUT2D eigenvalue weighted by molar-refractivity contribution is 0.111. The van der Waals surface area contributed by atoms with Crippen LogP contribution in [-0.2, 0) is 0 Å². The molecule has 0 atom stereocenters. The number of aromatic nitrogens is 2. The standard InChI is InChI=1S/C10H17N3O2/c1-10(2,13(3)4)6-15-9-5-8(14)11-7-12-9/h5,7H,6H2,1-4H3,(H,11,12,14). The van der Waals surface area contributed by atoms with Crippen LogP contribution in [0.2, 0.25) is 0 Å². The molecule has 0 aliphatic rings. The van der Waals surface area contributed by atoms with Crippen LogP contribution < -0.4 is 10.3 Å². The molecule has 0 aliphatic heterocycles. The van der Waals surface area contributed by atoms with Crippen LogP contribution in [0.3, 0.4) is 0 Å². The molecule has 0 aliphatic carbocycles. The van der Waals surface area contributed by atoms with E-state index in [1.54, 1.807) is 0 Å². The van der Waals surface area contributed by atoms with Gasteiger partial charge in [0.1, 0.15) is 6.61 Å². The maximum atomic E-state index is 11.0. The van der Waals surface area contributed by atoms with E-state index < -0.39 is 0 Å². The molecular formula is C10H17N3O2. The van der Waals surface area contributed by atoms with Gasteiger partial charge in [-0.15, -0.1) is 0 Å². The molecule has 0 saturated heterocycles. The number of H-pyrrole nitrogens is 1. The topological polar surface area (TPSA) is 58.2 Å². The van der Waals surface area contributed by atoms with E-state index in [2.05, 4.69) is 28.7 Å². The summed E-state index contributed by atoms with van der Waals surface area (Å²) in [5.41, 5.74) is -0.299. The Morgan fingerprint density at radius 1 is 1.53 bits per heavy atom. The fourth-order valence-electron chi connectivity index (χ4n) is 0.809. The first-order valence-electron chi connectivity index (χ1n) is 4.77. The van der Waals surface area contributed by atoms with Gasteiger partial charge in [0, 0.05) is 5.54 Å². The smallest absolute Gasteiger partial charge is 0.254 e. The highest BCUT2D eigenvalue weighted by atomic mass is 16.5. The molecule has 15 heavy (non-hydrogen) atoms. The maximum Gasteiger partial charge on any atom is 0.254 e. The Kier molecular flexibility index (Phi) is 3.47. The van der Waals surface area contributed by atoms with E-state index in [-0.39, 0.29) is 11.1 Å². The highest BCUT2D eigenvalue weighted by molar-refractivity contribution is 5.05. The molecule has 1 aromatic rings. The van der Waals surface area contributed by atoms with Crippen molar-refractivity contribution in [3.05, 3.63) is 22.7 Å². The van der Waals surface area contributed by atoms with Crippen molar-refractivity contribution < 1.29 is 4.74 Å². The molecule has 0 radical (unpaired) electrons. The zero-order chi connectivity index (χ0) is 11.5. The maximum absolute atomic E-state index is 11.0. The minimum Gasteiger partial charge on any atom is -0.476 e. The first kappa shape index (κ1) is 11.7. The van der Waals surface area contributed by atoms with E-state index in [0.29, 0.717) is 12.5 Å². The minimum atomic E-state index is -0.206. The largest absolute Gasteiger partial charge is 0.476 e. The van der Waals surface area contributed by atoms with Crippen molar-refractivity contribution >= 4 is 0 Å². The molecule has 0 saturated carbocycles. The average molecular weight is 211 g/mol. The number of aromatic amines is 1. The van der Waals surface area contributed by atoms with Crippen LogP contribution in [0.1, 0.15) is 13.8 Å². The van der Waals surface area contributed by atoms with Gasteiger partial charge in [0.15, 0.2) is 0 Å². The van der Waals surface area contributed by atoms with Gasteiger partial charge in [-0.2, -0.15) is 0 Å². The highest BCUT2D eigenvalue weighted by Gasteiger charge is 2.21. The minimum absolute atomic E-state index is 0.0930. The van der Waals surface area contributed by atoms with Gasteiger partial charge < -0.3 is 14.6 Å². The fourth-order valence-corrected chi connectivity index (χ4v) is 0.809. The van der Waals surface area contributed by atoms with E-state index in [1.807, 2.05) is 14.1 Å². The zero-order valence-electron chi connectivity index (χ0n) is 9.57. The molecule has 0 amide bonds. The van der Waals surface area contributed by atoms with Gasteiger partial charge in [-0.3, -0.25) is 4.79 Å². The van der Waals surface area contributed by atoms with Crippen molar-refractivity contribution in [1.29, 1.82) is 0 Å². The Bertz CT molecular complexity index is 371. The molecule has 0 aromatic carbocycles. The van der Waals surface area contributed by atoms with Gasteiger partial charge in [-0.05, 0) is 27.9 Å². The number of hydrogen-bond acceptors (Lipinski definition) is 4. The molecule has 0 unspecified atom stereocenters. The lowest BCUT2D eigenvalue weighted by Gasteiger charge is -2.31. The number of rotatable bonds is 4. The van der Waals surface area contributed by atoms with Gasteiger partial charge in [0.05, 0.1) is 12.4 Å². The summed E-state index contributed by atoms with van der Waals surface area (Å²) in [6.45, 7) is 4.59.